The first-order chi connectivity index (χ1) is 22.8. The Hall–Kier alpha value is -5.71. The van der Waals surface area contributed by atoms with Crippen molar-refractivity contribution in [3.8, 4) is 22.5 Å². The molecule has 5 aromatic carbocycles. The first kappa shape index (κ1) is 26.7. The van der Waals surface area contributed by atoms with E-state index in [-0.39, 0.29) is 0 Å². The molecular formula is C42H29N3S. The van der Waals surface area contributed by atoms with Gasteiger partial charge in [0.1, 0.15) is 0 Å². The van der Waals surface area contributed by atoms with Crippen LogP contribution in [0.5, 0.6) is 0 Å². The largest absolute Gasteiger partial charge is 0.309 e. The number of hydrogen-bond acceptors (Lipinski definition) is 2. The number of thiophene rings is 1. The molecule has 0 aliphatic carbocycles. The summed E-state index contributed by atoms with van der Waals surface area (Å²) in [6.07, 6.45) is 10.2. The molecule has 0 aliphatic rings. The van der Waals surface area contributed by atoms with E-state index in [9.17, 15) is 0 Å². The smallest absolute Gasteiger partial charge is 0.0548 e. The molecule has 4 aromatic heterocycles. The van der Waals surface area contributed by atoms with Gasteiger partial charge in [0.25, 0.3) is 0 Å². The van der Waals surface area contributed by atoms with Crippen LogP contribution in [0.3, 0.4) is 0 Å². The van der Waals surface area contributed by atoms with E-state index in [2.05, 4.69) is 149 Å². The second-order valence-corrected chi connectivity index (χ2v) is 12.7. The van der Waals surface area contributed by atoms with Crippen LogP contribution in [0, 0.1) is 0 Å². The predicted molar refractivity (Wildman–Crippen MR) is 199 cm³/mol. The van der Waals surface area contributed by atoms with Gasteiger partial charge in [-0.1, -0.05) is 67.3 Å². The Kier molecular flexibility index (Phi) is 6.05. The van der Waals surface area contributed by atoms with Gasteiger partial charge in [0.15, 0.2) is 0 Å². The van der Waals surface area contributed by atoms with Gasteiger partial charge in [0.2, 0.25) is 0 Å². The molecule has 0 atom stereocenters. The lowest BCUT2D eigenvalue weighted by atomic mass is 9.99. The van der Waals surface area contributed by atoms with E-state index < -0.39 is 0 Å². The highest BCUT2D eigenvalue weighted by Gasteiger charge is 2.23. The van der Waals surface area contributed by atoms with Crippen LogP contribution in [0.2, 0.25) is 0 Å². The molecule has 0 N–H and O–H groups in total. The number of rotatable bonds is 5. The van der Waals surface area contributed by atoms with E-state index >= 15 is 0 Å². The zero-order valence-corrected chi connectivity index (χ0v) is 26.1. The van der Waals surface area contributed by atoms with Crippen molar-refractivity contribution in [2.45, 2.75) is 6.92 Å². The van der Waals surface area contributed by atoms with Gasteiger partial charge in [-0.25, -0.2) is 0 Å². The molecule has 0 amide bonds. The molecule has 4 heteroatoms. The van der Waals surface area contributed by atoms with E-state index in [4.69, 9.17) is 0 Å². The molecule has 0 radical (unpaired) electrons. The number of pyridine rings is 1. The van der Waals surface area contributed by atoms with E-state index in [0.29, 0.717) is 0 Å². The summed E-state index contributed by atoms with van der Waals surface area (Å²) in [6, 6.07) is 41.5. The van der Waals surface area contributed by atoms with Crippen LogP contribution in [0.1, 0.15) is 18.2 Å². The standard InChI is InChI=1S/C42H29N3S/c1-3-12-31-33(4-2)44(29-14-7-5-8-15-29)35-20-22-37-41(39(31)35)42-38(46-37)23-21-36-40(42)32-25-27(28-13-11-24-43-26-28)18-19-34(32)45(36)30-16-9-6-10-17-30/h3-26H,2H2,1H3/b12-3-. The maximum absolute atomic E-state index is 4.42. The summed E-state index contributed by atoms with van der Waals surface area (Å²) in [5, 5.41) is 6.38. The summed E-state index contributed by atoms with van der Waals surface area (Å²) in [6.45, 7) is 6.38. The average molecular weight is 608 g/mol. The minimum absolute atomic E-state index is 1.10. The second-order valence-electron chi connectivity index (χ2n) is 11.6. The molecule has 0 aliphatic heterocycles. The minimum Gasteiger partial charge on any atom is -0.309 e. The van der Waals surface area contributed by atoms with Crippen LogP contribution >= 0.6 is 11.3 Å². The third kappa shape index (κ3) is 3.81. The predicted octanol–water partition coefficient (Wildman–Crippen LogP) is 11.8. The highest BCUT2D eigenvalue weighted by molar-refractivity contribution is 7.26. The molecule has 4 heterocycles. The molecule has 0 fully saturated rings. The zero-order chi connectivity index (χ0) is 30.8. The highest BCUT2D eigenvalue weighted by atomic mass is 32.1. The molecule has 0 saturated carbocycles. The van der Waals surface area contributed by atoms with Gasteiger partial charge in [0, 0.05) is 71.2 Å². The SMILES string of the molecule is C=Cc1c(/C=C\C)c2c3c(ccc2n1-c1ccccc1)sc1ccc2c(c4cc(-c5cccnc5)ccc4n2-c2ccccc2)c13. The lowest BCUT2D eigenvalue weighted by molar-refractivity contribution is 1.11. The van der Waals surface area contributed by atoms with Crippen molar-refractivity contribution in [3.63, 3.8) is 0 Å². The van der Waals surface area contributed by atoms with E-state index in [1.165, 1.54) is 58.4 Å². The third-order valence-electron chi connectivity index (χ3n) is 9.09. The number of allylic oxidation sites excluding steroid dienone is 1. The lowest BCUT2D eigenvalue weighted by Crippen LogP contribution is -1.96. The summed E-state index contributed by atoms with van der Waals surface area (Å²) in [7, 11) is 0. The van der Waals surface area contributed by atoms with Crippen LogP contribution in [-0.4, -0.2) is 14.1 Å². The van der Waals surface area contributed by atoms with Gasteiger partial charge >= 0.3 is 0 Å². The summed E-state index contributed by atoms with van der Waals surface area (Å²) in [5.41, 5.74) is 10.4. The molecule has 218 valence electrons. The monoisotopic (exact) mass is 607 g/mol. The summed E-state index contributed by atoms with van der Waals surface area (Å²) < 4.78 is 7.34. The number of fused-ring (bicyclic) bond motifs is 9. The van der Waals surface area contributed by atoms with Crippen LogP contribution in [-0.2, 0) is 0 Å². The Balaban J connectivity index is 1.51. The van der Waals surface area contributed by atoms with Crippen molar-refractivity contribution in [1.29, 1.82) is 0 Å². The molecule has 9 rings (SSSR count). The normalized spacial score (nSPS) is 12.0. The van der Waals surface area contributed by atoms with E-state index in [0.717, 1.165) is 28.2 Å². The molecule has 3 nitrogen and oxygen atoms in total. The Morgan fingerprint density at radius 1 is 0.630 bits per heavy atom. The quantitative estimate of drug-likeness (QED) is 0.191. The van der Waals surface area contributed by atoms with Crippen LogP contribution in [0.25, 0.3) is 87.5 Å². The van der Waals surface area contributed by atoms with Crippen LogP contribution in [0.15, 0.2) is 140 Å². The Morgan fingerprint density at radius 2 is 1.28 bits per heavy atom. The number of nitrogens with zero attached hydrogens (tertiary/aromatic N) is 3. The summed E-state index contributed by atoms with van der Waals surface area (Å²) in [4.78, 5) is 4.42. The van der Waals surface area contributed by atoms with Crippen LogP contribution < -0.4 is 0 Å². The van der Waals surface area contributed by atoms with Crippen LogP contribution in [0.4, 0.5) is 0 Å². The van der Waals surface area contributed by atoms with Crippen molar-refractivity contribution in [2.24, 2.45) is 0 Å². The second kappa shape index (κ2) is 10.4. The number of benzene rings is 5. The fourth-order valence-corrected chi connectivity index (χ4v) is 8.37. The fraction of sp³-hybridized carbons (Fsp3) is 0.0238. The number of para-hydroxylation sites is 2. The fourth-order valence-electron chi connectivity index (χ4n) is 7.25. The molecule has 0 spiro atoms. The summed E-state index contributed by atoms with van der Waals surface area (Å²) in [5.74, 6) is 0. The van der Waals surface area contributed by atoms with Crippen molar-refractivity contribution in [2.75, 3.05) is 0 Å². The van der Waals surface area contributed by atoms with Gasteiger partial charge < -0.3 is 9.13 Å². The van der Waals surface area contributed by atoms with Crippen molar-refractivity contribution >= 4 is 76.4 Å². The van der Waals surface area contributed by atoms with Gasteiger partial charge in [-0.15, -0.1) is 11.3 Å². The minimum atomic E-state index is 1.10. The highest BCUT2D eigenvalue weighted by Crippen LogP contribution is 2.48. The number of hydrogen-bond donors (Lipinski definition) is 0. The third-order valence-corrected chi connectivity index (χ3v) is 10.2. The maximum Gasteiger partial charge on any atom is 0.0548 e. The van der Waals surface area contributed by atoms with Gasteiger partial charge in [0.05, 0.1) is 22.2 Å². The Labute approximate surface area is 270 Å². The van der Waals surface area contributed by atoms with E-state index in [1.54, 1.807) is 0 Å². The first-order valence-electron chi connectivity index (χ1n) is 15.5. The first-order valence-corrected chi connectivity index (χ1v) is 16.4. The molecule has 0 bridgehead atoms. The molecular weight excluding hydrogens is 579 g/mol. The van der Waals surface area contributed by atoms with Gasteiger partial charge in [-0.2, -0.15) is 0 Å². The number of aromatic nitrogens is 3. The van der Waals surface area contributed by atoms with Crippen molar-refractivity contribution < 1.29 is 0 Å². The molecule has 9 aromatic rings. The zero-order valence-electron chi connectivity index (χ0n) is 25.3. The van der Waals surface area contributed by atoms with Gasteiger partial charge in [-0.05, 0) is 85.3 Å². The van der Waals surface area contributed by atoms with Crippen molar-refractivity contribution in [1.82, 2.24) is 14.1 Å². The Morgan fingerprint density at radius 3 is 1.93 bits per heavy atom. The molecule has 0 saturated heterocycles. The molecule has 46 heavy (non-hydrogen) atoms. The lowest BCUT2D eigenvalue weighted by Gasteiger charge is -2.09. The maximum atomic E-state index is 4.42. The summed E-state index contributed by atoms with van der Waals surface area (Å²) >= 11 is 1.87. The Bertz CT molecular complexity index is 2640. The van der Waals surface area contributed by atoms with E-state index in [1.807, 2.05) is 35.9 Å². The average Bonchev–Trinajstić information content (AvgIpc) is 3.76. The molecule has 0 unspecified atom stereocenters. The topological polar surface area (TPSA) is 22.8 Å². The van der Waals surface area contributed by atoms with Crippen molar-refractivity contribution in [3.05, 3.63) is 152 Å². The van der Waals surface area contributed by atoms with Gasteiger partial charge in [-0.3, -0.25) is 4.98 Å².